The van der Waals surface area contributed by atoms with Crippen LogP contribution in [0.2, 0.25) is 0 Å². The molecule has 4 heteroatoms. The first-order valence-corrected chi connectivity index (χ1v) is 9.76. The van der Waals surface area contributed by atoms with E-state index in [2.05, 4.69) is 16.4 Å². The molecule has 19 heavy (non-hydrogen) atoms. The Kier molecular flexibility index (Phi) is 4.48. The Balaban J connectivity index is 1.46. The van der Waals surface area contributed by atoms with Gasteiger partial charge < -0.3 is 0 Å². The summed E-state index contributed by atoms with van der Waals surface area (Å²) >= 11 is -0.295. The van der Waals surface area contributed by atoms with Gasteiger partial charge in [0.2, 0.25) is 0 Å². The van der Waals surface area contributed by atoms with Gasteiger partial charge in [-0.1, -0.05) is 0 Å². The first-order valence-electron chi connectivity index (χ1n) is 7.16. The number of hydrogen-bond acceptors (Lipinski definition) is 3. The van der Waals surface area contributed by atoms with Crippen LogP contribution in [0, 0.1) is 5.92 Å². The summed E-state index contributed by atoms with van der Waals surface area (Å²) in [6.45, 7) is 2.41. The van der Waals surface area contributed by atoms with E-state index in [1.165, 1.54) is 44.5 Å². The zero-order valence-electron chi connectivity index (χ0n) is 11.1. The van der Waals surface area contributed by atoms with Gasteiger partial charge in [0.05, 0.1) is 0 Å². The molecule has 0 amide bonds. The predicted molar refractivity (Wildman–Crippen MR) is 70.8 cm³/mol. The van der Waals surface area contributed by atoms with E-state index in [0.29, 0.717) is 3.79 Å². The van der Waals surface area contributed by atoms with Gasteiger partial charge >= 0.3 is 125 Å². The maximum atomic E-state index is 11.6. The average Bonchev–Trinajstić information content (AvgIpc) is 3.05. The number of hydrogen-bond donors (Lipinski definition) is 1. The van der Waals surface area contributed by atoms with Crippen molar-refractivity contribution in [3.8, 4) is 0 Å². The van der Waals surface area contributed by atoms with Crippen LogP contribution >= 0.6 is 0 Å². The SMILES string of the molecule is O=C1[I-]Cc2nc(CCCCC3CCNC3)ccc21. The average molecular weight is 371 g/mol. The Morgan fingerprint density at radius 3 is 3.16 bits per heavy atom. The number of nitrogens with one attached hydrogen (secondary N) is 1. The molecule has 2 aliphatic heterocycles. The van der Waals surface area contributed by atoms with Crippen LogP contribution in [0.15, 0.2) is 12.1 Å². The van der Waals surface area contributed by atoms with Gasteiger partial charge in [0, 0.05) is 0 Å². The van der Waals surface area contributed by atoms with Crippen molar-refractivity contribution < 1.29 is 26.0 Å². The molecule has 3 heterocycles. The number of fused-ring (bicyclic) bond motifs is 1. The molecule has 1 atom stereocenters. The molecule has 0 aliphatic carbocycles. The Morgan fingerprint density at radius 2 is 2.32 bits per heavy atom. The molecule has 0 bridgehead atoms. The number of carbonyl (C=O) groups is 1. The number of nitrogens with zero attached hydrogens (tertiary/aromatic N) is 1. The molecule has 3 rings (SSSR count). The first-order chi connectivity index (χ1) is 9.33. The number of unbranched alkanes of at least 4 members (excludes halogenated alkanes) is 1. The molecule has 1 aromatic heterocycles. The third-order valence-electron chi connectivity index (χ3n) is 4.02. The topological polar surface area (TPSA) is 42.0 Å². The van der Waals surface area contributed by atoms with Crippen LogP contribution in [-0.2, 0) is 10.8 Å². The van der Waals surface area contributed by atoms with E-state index >= 15 is 0 Å². The molecular formula is C15H20IN2O-. The van der Waals surface area contributed by atoms with Crippen molar-refractivity contribution >= 4 is 3.79 Å². The second kappa shape index (κ2) is 6.31. The van der Waals surface area contributed by atoms with Gasteiger partial charge in [-0.2, -0.15) is 0 Å². The van der Waals surface area contributed by atoms with Gasteiger partial charge in [0.25, 0.3) is 0 Å². The molecule has 0 aromatic carbocycles. The normalized spacial score (nSPS) is 22.3. The third kappa shape index (κ3) is 3.34. The Labute approximate surface area is 124 Å². The number of halogens is 1. The van der Waals surface area contributed by atoms with Gasteiger partial charge in [-0.25, -0.2) is 0 Å². The minimum atomic E-state index is -0.295. The van der Waals surface area contributed by atoms with Gasteiger partial charge in [0.15, 0.2) is 0 Å². The second-order valence-corrected chi connectivity index (χ2v) is 7.95. The number of pyridine rings is 1. The van der Waals surface area contributed by atoms with Crippen LogP contribution in [-0.4, -0.2) is 21.9 Å². The number of aryl methyl sites for hydroxylation is 1. The Bertz CT molecular complexity index is 469. The maximum absolute atomic E-state index is 11.6. The molecule has 0 spiro atoms. The Hall–Kier alpha value is -0.490. The fraction of sp³-hybridized carbons (Fsp3) is 0.600. The zero-order chi connectivity index (χ0) is 13.1. The summed E-state index contributed by atoms with van der Waals surface area (Å²) in [6, 6.07) is 4.07. The van der Waals surface area contributed by atoms with Crippen LogP contribution in [0.3, 0.4) is 0 Å². The summed E-state index contributed by atoms with van der Waals surface area (Å²) in [5.41, 5.74) is 3.17. The van der Waals surface area contributed by atoms with Crippen molar-refractivity contribution in [3.05, 3.63) is 29.1 Å². The van der Waals surface area contributed by atoms with E-state index in [1.807, 2.05) is 6.07 Å². The van der Waals surface area contributed by atoms with Crippen LogP contribution in [0.25, 0.3) is 0 Å². The summed E-state index contributed by atoms with van der Waals surface area (Å²) < 4.78 is 1.33. The van der Waals surface area contributed by atoms with E-state index < -0.39 is 0 Å². The van der Waals surface area contributed by atoms with E-state index in [4.69, 9.17) is 0 Å². The van der Waals surface area contributed by atoms with E-state index in [0.717, 1.165) is 28.0 Å². The van der Waals surface area contributed by atoms with E-state index in [1.54, 1.807) is 0 Å². The summed E-state index contributed by atoms with van der Waals surface area (Å²) in [5.74, 6) is 0.898. The monoisotopic (exact) mass is 371 g/mol. The summed E-state index contributed by atoms with van der Waals surface area (Å²) in [6.07, 6.45) is 6.30. The molecule has 1 saturated heterocycles. The number of carbonyl (C=O) groups excluding carboxylic acids is 1. The van der Waals surface area contributed by atoms with Gasteiger partial charge in [-0.3, -0.25) is 0 Å². The van der Waals surface area contributed by atoms with E-state index in [9.17, 15) is 4.79 Å². The molecule has 104 valence electrons. The van der Waals surface area contributed by atoms with E-state index in [-0.39, 0.29) is 21.2 Å². The van der Waals surface area contributed by atoms with Crippen LogP contribution < -0.4 is 26.5 Å². The molecule has 2 aliphatic rings. The molecule has 1 unspecified atom stereocenters. The summed E-state index contributed by atoms with van der Waals surface area (Å²) in [5, 5.41) is 3.42. The van der Waals surface area contributed by atoms with Crippen molar-refractivity contribution in [2.45, 2.75) is 36.5 Å². The first kappa shape index (κ1) is 13.5. The van der Waals surface area contributed by atoms with Crippen LogP contribution in [0.1, 0.15) is 47.4 Å². The molecular weight excluding hydrogens is 351 g/mol. The van der Waals surface area contributed by atoms with Gasteiger partial charge in [0.1, 0.15) is 0 Å². The summed E-state index contributed by atoms with van der Waals surface area (Å²) in [7, 11) is 0. The Morgan fingerprint density at radius 1 is 1.37 bits per heavy atom. The molecule has 0 radical (unpaired) electrons. The van der Waals surface area contributed by atoms with Crippen molar-refractivity contribution in [3.63, 3.8) is 0 Å². The predicted octanol–water partition coefficient (Wildman–Crippen LogP) is -0.853. The fourth-order valence-corrected chi connectivity index (χ4v) is 5.05. The molecule has 1 N–H and O–H groups in total. The van der Waals surface area contributed by atoms with Gasteiger partial charge in [-0.15, -0.1) is 0 Å². The molecule has 1 fully saturated rings. The van der Waals surface area contributed by atoms with Crippen molar-refractivity contribution in [1.82, 2.24) is 10.3 Å². The van der Waals surface area contributed by atoms with Crippen LogP contribution in [0.4, 0.5) is 0 Å². The quantitative estimate of drug-likeness (QED) is 0.317. The number of alkyl halides is 1. The number of aromatic nitrogens is 1. The number of rotatable bonds is 5. The van der Waals surface area contributed by atoms with Crippen molar-refractivity contribution in [2.24, 2.45) is 5.92 Å². The second-order valence-electron chi connectivity index (χ2n) is 5.44. The van der Waals surface area contributed by atoms with Crippen molar-refractivity contribution in [2.75, 3.05) is 13.1 Å². The molecule has 1 aromatic rings. The van der Waals surface area contributed by atoms with Gasteiger partial charge in [-0.05, 0) is 0 Å². The third-order valence-corrected chi connectivity index (χ3v) is 6.39. The summed E-state index contributed by atoms with van der Waals surface area (Å²) in [4.78, 5) is 16.3. The fourth-order valence-electron chi connectivity index (χ4n) is 2.86. The molecule has 0 saturated carbocycles. The molecule has 3 nitrogen and oxygen atoms in total. The standard InChI is InChI=1S/C15H20IN2O/c19-15-13-6-5-12(18-14(13)9-16-15)4-2-1-3-11-7-8-17-10-11/h5-6,11,17H,1-4,7-10H2/q-1. The van der Waals surface area contributed by atoms with Crippen molar-refractivity contribution in [1.29, 1.82) is 0 Å². The zero-order valence-corrected chi connectivity index (χ0v) is 13.3. The minimum absolute atomic E-state index is 0.295. The van der Waals surface area contributed by atoms with Crippen LogP contribution in [0.5, 0.6) is 0 Å².